The van der Waals surface area contributed by atoms with E-state index >= 15 is 0 Å². The van der Waals surface area contributed by atoms with Crippen LogP contribution in [0.2, 0.25) is 5.02 Å². The second-order valence-electron chi connectivity index (χ2n) is 15.6. The number of fused-ring (bicyclic) bond motifs is 4. The predicted molar refractivity (Wildman–Crippen MR) is 242 cm³/mol. The molecule has 1 saturated heterocycles. The van der Waals surface area contributed by atoms with Crippen LogP contribution in [-0.2, 0) is 25.7 Å². The molecule has 64 heavy (non-hydrogen) atoms. The molecule has 0 bridgehead atoms. The van der Waals surface area contributed by atoms with Gasteiger partial charge in [-0.05, 0) is 106 Å². The number of nitrogens with zero attached hydrogens (tertiary/aromatic N) is 6. The first-order valence-electron chi connectivity index (χ1n) is 20.5. The molecule has 5 heterocycles. The van der Waals surface area contributed by atoms with Gasteiger partial charge in [0.2, 0.25) is 17.7 Å². The summed E-state index contributed by atoms with van der Waals surface area (Å²) in [6.45, 7) is 6.02. The van der Waals surface area contributed by atoms with Crippen molar-refractivity contribution in [2.45, 2.75) is 58.7 Å². The van der Waals surface area contributed by atoms with Crippen molar-refractivity contribution in [3.05, 3.63) is 146 Å². The Kier molecular flexibility index (Phi) is 11.5. The number of piperidine rings is 1. The lowest BCUT2D eigenvalue weighted by Crippen LogP contribution is -2.52. The highest BCUT2D eigenvalue weighted by Crippen LogP contribution is 2.40. The molecule has 6 aromatic rings. The Morgan fingerprint density at radius 3 is 2.23 bits per heavy atom. The molecule has 3 N–H and O–H groups in total. The first kappa shape index (κ1) is 42.0. The number of aliphatic imine (C=N–C) groups is 1. The molecule has 2 aromatic heterocycles. The summed E-state index contributed by atoms with van der Waals surface area (Å²) in [5.74, 6) is -0.761. The second-order valence-corrected chi connectivity index (χ2v) is 17.3. The lowest BCUT2D eigenvalue weighted by atomic mass is 9.99. The Labute approximate surface area is 376 Å². The van der Waals surface area contributed by atoms with E-state index in [2.05, 4.69) is 44.6 Å². The predicted octanol–water partition coefficient (Wildman–Crippen LogP) is 8.63. The largest absolute Gasteiger partial charge is 0.483 e. The minimum Gasteiger partial charge on any atom is -0.483 e. The maximum absolute atomic E-state index is 13.6. The van der Waals surface area contributed by atoms with Crippen molar-refractivity contribution in [1.29, 1.82) is 0 Å². The lowest BCUT2D eigenvalue weighted by Gasteiger charge is -2.29. The minimum atomic E-state index is -0.755. The molecule has 2 atom stereocenters. The molecular weight excluding hydrogens is 854 g/mol. The van der Waals surface area contributed by atoms with E-state index in [9.17, 15) is 24.0 Å². The van der Waals surface area contributed by atoms with Crippen molar-refractivity contribution < 1.29 is 28.7 Å². The number of amides is 5. The van der Waals surface area contributed by atoms with Crippen LogP contribution in [0.4, 0.5) is 22.7 Å². The molecule has 15 nitrogen and oxygen atoms in total. The van der Waals surface area contributed by atoms with Crippen molar-refractivity contribution in [1.82, 2.24) is 19.8 Å². The van der Waals surface area contributed by atoms with Crippen molar-refractivity contribution in [3.8, 4) is 10.8 Å². The van der Waals surface area contributed by atoms with E-state index in [1.807, 2.05) is 37.4 Å². The number of imide groups is 1. The summed E-state index contributed by atoms with van der Waals surface area (Å²) >= 11 is 7.94. The number of anilines is 2. The number of nitrogens with one attached hydrogen (secondary N) is 3. The van der Waals surface area contributed by atoms with Crippen LogP contribution in [0.25, 0.3) is 5.00 Å². The number of imidazole rings is 1. The number of azo groups is 1. The third-order valence-electron chi connectivity index (χ3n) is 11.3. The van der Waals surface area contributed by atoms with Gasteiger partial charge in [-0.1, -0.05) is 29.8 Å². The van der Waals surface area contributed by atoms with Crippen molar-refractivity contribution in [2.75, 3.05) is 17.2 Å². The van der Waals surface area contributed by atoms with E-state index in [1.54, 1.807) is 78.1 Å². The summed E-state index contributed by atoms with van der Waals surface area (Å²) in [6, 6.07) is 25.1. The molecule has 4 aromatic carbocycles. The summed E-state index contributed by atoms with van der Waals surface area (Å²) < 4.78 is 7.95. The Balaban J connectivity index is 0.797. The quantitative estimate of drug-likeness (QED) is 0.0857. The number of benzene rings is 4. The molecule has 9 rings (SSSR count). The van der Waals surface area contributed by atoms with Crippen LogP contribution < -0.4 is 20.7 Å². The number of hydrogen-bond donors (Lipinski definition) is 3. The molecule has 5 amide bonds. The van der Waals surface area contributed by atoms with E-state index in [1.165, 1.54) is 9.78 Å². The summed E-state index contributed by atoms with van der Waals surface area (Å²) in [7, 11) is 0. The number of ether oxygens (including phenoxy) is 1. The number of carbonyl (C=O) groups excluding carboxylic acids is 5. The molecule has 1 unspecified atom stereocenters. The Bertz CT molecular complexity index is 2920. The van der Waals surface area contributed by atoms with Gasteiger partial charge in [-0.3, -0.25) is 38.8 Å². The Hall–Kier alpha value is -7.30. The molecule has 322 valence electrons. The zero-order valence-corrected chi connectivity index (χ0v) is 36.4. The Morgan fingerprint density at radius 2 is 1.56 bits per heavy atom. The van der Waals surface area contributed by atoms with Gasteiger partial charge in [-0.15, -0.1) is 11.3 Å². The molecule has 0 saturated carbocycles. The maximum atomic E-state index is 13.6. The summed E-state index contributed by atoms with van der Waals surface area (Å²) in [5.41, 5.74) is 8.02. The average Bonchev–Trinajstić information content (AvgIpc) is 3.90. The van der Waals surface area contributed by atoms with Gasteiger partial charge in [-0.25, -0.2) is 4.98 Å². The van der Waals surface area contributed by atoms with Gasteiger partial charge in [0.1, 0.15) is 28.7 Å². The molecular formula is C47H40ClN9O6S. The SMILES string of the molecule is Cc1sc2c(c1C)C(c1ccc(Cl)cc1)=N[C@@H](CC(=O)Nc1ccc(/N=N/c3ccc(NC(=O)COc4cccc5c4CN(C4CCC(=O)NC4=O)C5=O)cc3)cc1)c1ncc(C)n1-2. The van der Waals surface area contributed by atoms with Crippen molar-refractivity contribution in [2.24, 2.45) is 15.2 Å². The van der Waals surface area contributed by atoms with Crippen LogP contribution in [0.1, 0.15) is 74.3 Å². The fraction of sp³-hybridized carbons (Fsp3) is 0.213. The lowest BCUT2D eigenvalue weighted by molar-refractivity contribution is -0.137. The van der Waals surface area contributed by atoms with Crippen LogP contribution in [-0.4, -0.2) is 62.3 Å². The van der Waals surface area contributed by atoms with Crippen LogP contribution in [0.3, 0.4) is 0 Å². The summed E-state index contributed by atoms with van der Waals surface area (Å²) in [4.78, 5) is 76.2. The number of aromatic nitrogens is 2. The Morgan fingerprint density at radius 1 is 0.891 bits per heavy atom. The highest BCUT2D eigenvalue weighted by atomic mass is 35.5. The van der Waals surface area contributed by atoms with Gasteiger partial charge in [0.05, 0.1) is 30.1 Å². The highest BCUT2D eigenvalue weighted by Gasteiger charge is 2.40. The smallest absolute Gasteiger partial charge is 0.262 e. The third-order valence-corrected chi connectivity index (χ3v) is 12.8. The molecule has 3 aliphatic rings. The van der Waals surface area contributed by atoms with Crippen LogP contribution in [0.15, 0.2) is 112 Å². The highest BCUT2D eigenvalue weighted by molar-refractivity contribution is 7.15. The summed E-state index contributed by atoms with van der Waals surface area (Å²) in [6.07, 6.45) is 2.28. The number of hydrogen-bond acceptors (Lipinski definition) is 11. The standard InChI is InChI=1S/C47H40ClN9O6S/c1-25-22-49-44-36(52-43(28-7-9-29(48)10-8-28)42-26(2)27(3)64-47(42)57(25)44)21-40(59)50-30-11-15-32(16-12-30)54-55-33-17-13-31(14-18-33)51-41(60)24-63-38-6-4-5-34-35(38)23-56(46(34)62)37-19-20-39(58)53-45(37)61/h4-18,22,36-37H,19-21,23-24H2,1-3H3,(H,50,59)(H,51,60)(H,53,58,61)/b55-54+/t36-,37?/m0/s1. The molecule has 0 radical (unpaired) electrons. The maximum Gasteiger partial charge on any atom is 0.262 e. The van der Waals surface area contributed by atoms with Gasteiger partial charge in [0, 0.05) is 61.8 Å². The molecule has 0 spiro atoms. The van der Waals surface area contributed by atoms with E-state index in [0.29, 0.717) is 50.5 Å². The first-order valence-corrected chi connectivity index (χ1v) is 21.7. The van der Waals surface area contributed by atoms with Gasteiger partial charge < -0.3 is 20.3 Å². The van der Waals surface area contributed by atoms with Gasteiger partial charge >= 0.3 is 0 Å². The topological polar surface area (TPSA) is 189 Å². The van der Waals surface area contributed by atoms with Crippen LogP contribution in [0, 0.1) is 20.8 Å². The zero-order chi connectivity index (χ0) is 44.6. The molecule has 0 aliphatic carbocycles. The van der Waals surface area contributed by atoms with Gasteiger partial charge in [0.25, 0.3) is 11.8 Å². The van der Waals surface area contributed by atoms with E-state index in [4.69, 9.17) is 26.3 Å². The molecule has 3 aliphatic heterocycles. The third kappa shape index (κ3) is 8.44. The van der Waals surface area contributed by atoms with Crippen LogP contribution in [0.5, 0.6) is 5.75 Å². The van der Waals surface area contributed by atoms with Crippen molar-refractivity contribution in [3.63, 3.8) is 0 Å². The second kappa shape index (κ2) is 17.5. The van der Waals surface area contributed by atoms with Gasteiger partial charge in [-0.2, -0.15) is 10.2 Å². The van der Waals surface area contributed by atoms with Crippen molar-refractivity contribution >= 4 is 80.9 Å². The average molecular weight is 894 g/mol. The number of carbonyl (C=O) groups is 5. The number of rotatable bonds is 11. The number of halogens is 1. The zero-order valence-electron chi connectivity index (χ0n) is 34.8. The first-order chi connectivity index (χ1) is 30.9. The number of thiophene rings is 1. The molecule has 1 fully saturated rings. The fourth-order valence-corrected chi connectivity index (χ4v) is 9.35. The fourth-order valence-electron chi connectivity index (χ4n) is 8.00. The summed E-state index contributed by atoms with van der Waals surface area (Å²) in [5, 5.41) is 18.4. The number of aryl methyl sites for hydroxylation is 2. The van der Waals surface area contributed by atoms with E-state index in [-0.39, 0.29) is 50.1 Å². The molecule has 17 heteroatoms. The normalized spacial score (nSPS) is 16.7. The van der Waals surface area contributed by atoms with Crippen LogP contribution >= 0.6 is 22.9 Å². The van der Waals surface area contributed by atoms with Gasteiger partial charge in [0.15, 0.2) is 6.61 Å². The van der Waals surface area contributed by atoms with E-state index < -0.39 is 23.9 Å². The monoisotopic (exact) mass is 893 g/mol. The van der Waals surface area contributed by atoms with E-state index in [0.717, 1.165) is 33.1 Å². The minimum absolute atomic E-state index is 0.0649.